The van der Waals surface area contributed by atoms with Crippen LogP contribution in [0.25, 0.3) is 76.2 Å². The van der Waals surface area contributed by atoms with Gasteiger partial charge in [0.1, 0.15) is 0 Å². The smallest absolute Gasteiger partial charge is 0.164 e. The van der Waals surface area contributed by atoms with Crippen LogP contribution in [0.2, 0.25) is 0 Å². The number of fused-ring (bicyclic) bond motifs is 4. The van der Waals surface area contributed by atoms with Crippen molar-refractivity contribution in [3.63, 3.8) is 0 Å². The zero-order chi connectivity index (χ0) is 27.2. The summed E-state index contributed by atoms with van der Waals surface area (Å²) in [5.74, 6) is 2.02. The highest BCUT2D eigenvalue weighted by Gasteiger charge is 2.17. The Morgan fingerprint density at radius 2 is 0.976 bits per heavy atom. The molecule has 192 valence electrons. The van der Waals surface area contributed by atoms with Crippen molar-refractivity contribution in [2.45, 2.75) is 0 Å². The number of thiophene rings is 1. The molecule has 0 saturated carbocycles. The van der Waals surface area contributed by atoms with Crippen molar-refractivity contribution < 1.29 is 0 Å². The Kier molecular flexibility index (Phi) is 5.64. The summed E-state index contributed by atoms with van der Waals surface area (Å²) in [7, 11) is 0. The molecule has 4 heteroatoms. The summed E-state index contributed by atoms with van der Waals surface area (Å²) in [4.78, 5) is 15.1. The normalized spacial score (nSPS) is 11.4. The molecule has 0 atom stereocenters. The highest BCUT2D eigenvalue weighted by Crippen LogP contribution is 2.39. The molecule has 0 N–H and O–H groups in total. The Morgan fingerprint density at radius 1 is 0.390 bits per heavy atom. The van der Waals surface area contributed by atoms with Gasteiger partial charge in [-0.2, -0.15) is 0 Å². The van der Waals surface area contributed by atoms with Crippen molar-refractivity contribution in [1.29, 1.82) is 0 Å². The second-order valence-electron chi connectivity index (χ2n) is 10.1. The van der Waals surface area contributed by atoms with Gasteiger partial charge in [-0.1, -0.05) is 115 Å². The number of hydrogen-bond donors (Lipinski definition) is 0. The molecule has 2 aromatic heterocycles. The van der Waals surface area contributed by atoms with Crippen molar-refractivity contribution in [2.75, 3.05) is 0 Å². The van der Waals surface area contributed by atoms with Crippen LogP contribution < -0.4 is 0 Å². The molecule has 8 rings (SSSR count). The van der Waals surface area contributed by atoms with E-state index >= 15 is 0 Å². The fraction of sp³-hybridized carbons (Fsp3) is 0. The van der Waals surface area contributed by atoms with E-state index in [0.29, 0.717) is 17.5 Å². The highest BCUT2D eigenvalue weighted by molar-refractivity contribution is 7.25. The molecule has 0 radical (unpaired) electrons. The third-order valence-electron chi connectivity index (χ3n) is 7.52. The maximum Gasteiger partial charge on any atom is 0.164 e. The van der Waals surface area contributed by atoms with E-state index in [2.05, 4.69) is 115 Å². The molecule has 2 heterocycles. The van der Waals surface area contributed by atoms with Crippen LogP contribution >= 0.6 is 11.3 Å². The van der Waals surface area contributed by atoms with Gasteiger partial charge >= 0.3 is 0 Å². The fourth-order valence-corrected chi connectivity index (χ4v) is 6.63. The number of rotatable bonds is 4. The standard InChI is InChI=1S/C37H23N3S/c1-3-10-24(11-4-1)26-18-19-28-23-29(21-20-27(28)22-26)36-38-35(25-12-5-2-6-13-25)39-37(40-36)31-15-9-17-33-34(31)30-14-7-8-16-32(30)41-33/h1-23H. The van der Waals surface area contributed by atoms with Gasteiger partial charge in [-0.25, -0.2) is 15.0 Å². The lowest BCUT2D eigenvalue weighted by Crippen LogP contribution is -2.00. The number of benzene rings is 6. The van der Waals surface area contributed by atoms with Crippen LogP contribution in [0, 0.1) is 0 Å². The molecule has 0 unspecified atom stereocenters. The van der Waals surface area contributed by atoms with Gasteiger partial charge in [-0.3, -0.25) is 0 Å². The van der Waals surface area contributed by atoms with E-state index in [-0.39, 0.29) is 0 Å². The molecule has 8 aromatic rings. The first-order chi connectivity index (χ1) is 20.3. The second-order valence-corrected chi connectivity index (χ2v) is 11.2. The summed E-state index contributed by atoms with van der Waals surface area (Å²) in [5, 5.41) is 4.75. The largest absolute Gasteiger partial charge is 0.208 e. The minimum Gasteiger partial charge on any atom is -0.208 e. The minimum atomic E-state index is 0.666. The van der Waals surface area contributed by atoms with Gasteiger partial charge in [0.25, 0.3) is 0 Å². The summed E-state index contributed by atoms with van der Waals surface area (Å²) in [6.07, 6.45) is 0. The molecular weight excluding hydrogens is 518 g/mol. The molecule has 0 aliphatic rings. The third kappa shape index (κ3) is 4.26. The molecule has 3 nitrogen and oxygen atoms in total. The Morgan fingerprint density at radius 3 is 1.76 bits per heavy atom. The van der Waals surface area contributed by atoms with E-state index in [1.54, 1.807) is 11.3 Å². The van der Waals surface area contributed by atoms with Crippen molar-refractivity contribution in [3.8, 4) is 45.3 Å². The lowest BCUT2D eigenvalue weighted by atomic mass is 10.00. The van der Waals surface area contributed by atoms with Crippen LogP contribution in [-0.4, -0.2) is 15.0 Å². The zero-order valence-electron chi connectivity index (χ0n) is 22.0. The Bertz CT molecular complexity index is 2200. The monoisotopic (exact) mass is 541 g/mol. The van der Waals surface area contributed by atoms with Crippen molar-refractivity contribution in [2.24, 2.45) is 0 Å². The van der Waals surface area contributed by atoms with Crippen LogP contribution in [0.1, 0.15) is 0 Å². The molecule has 0 aliphatic heterocycles. The van der Waals surface area contributed by atoms with Crippen LogP contribution in [-0.2, 0) is 0 Å². The summed E-state index contributed by atoms with van der Waals surface area (Å²) in [6, 6.07) is 48.6. The average Bonchev–Trinajstić information content (AvgIpc) is 3.44. The molecule has 0 bridgehead atoms. The first-order valence-corrected chi connectivity index (χ1v) is 14.4. The maximum atomic E-state index is 5.09. The van der Waals surface area contributed by atoms with E-state index in [1.165, 1.54) is 36.7 Å². The quantitative estimate of drug-likeness (QED) is 0.222. The Hall–Kier alpha value is -5.19. The van der Waals surface area contributed by atoms with Gasteiger partial charge < -0.3 is 0 Å². The van der Waals surface area contributed by atoms with Gasteiger partial charge in [-0.15, -0.1) is 11.3 Å². The predicted molar refractivity (Wildman–Crippen MR) is 172 cm³/mol. The third-order valence-corrected chi connectivity index (χ3v) is 8.65. The summed E-state index contributed by atoms with van der Waals surface area (Å²) < 4.78 is 2.49. The Labute approximate surface area is 241 Å². The molecule has 6 aromatic carbocycles. The van der Waals surface area contributed by atoms with E-state index < -0.39 is 0 Å². The minimum absolute atomic E-state index is 0.666. The van der Waals surface area contributed by atoms with Crippen LogP contribution in [0.15, 0.2) is 140 Å². The summed E-state index contributed by atoms with van der Waals surface area (Å²) in [6.45, 7) is 0. The number of nitrogens with zero attached hydrogens (tertiary/aromatic N) is 3. The zero-order valence-corrected chi connectivity index (χ0v) is 22.8. The highest BCUT2D eigenvalue weighted by atomic mass is 32.1. The molecule has 0 saturated heterocycles. The lowest BCUT2D eigenvalue weighted by Gasteiger charge is -2.10. The molecule has 0 aliphatic carbocycles. The van der Waals surface area contributed by atoms with Crippen molar-refractivity contribution in [1.82, 2.24) is 15.0 Å². The first-order valence-electron chi connectivity index (χ1n) is 13.6. The molecular formula is C37H23N3S. The molecule has 0 spiro atoms. The molecule has 0 amide bonds. The Balaban J connectivity index is 1.31. The van der Waals surface area contributed by atoms with E-state index in [1.807, 2.05) is 24.3 Å². The first kappa shape index (κ1) is 23.7. The van der Waals surface area contributed by atoms with E-state index in [4.69, 9.17) is 15.0 Å². The predicted octanol–water partition coefficient (Wildman–Crippen LogP) is 10.1. The van der Waals surface area contributed by atoms with Crippen LogP contribution in [0.5, 0.6) is 0 Å². The maximum absolute atomic E-state index is 5.09. The summed E-state index contributed by atoms with van der Waals surface area (Å²) in [5.41, 5.74) is 5.37. The molecule has 41 heavy (non-hydrogen) atoms. The second kappa shape index (κ2) is 9.77. The number of hydrogen-bond acceptors (Lipinski definition) is 4. The SMILES string of the molecule is c1ccc(-c2ccc3cc(-c4nc(-c5ccccc5)nc(-c5cccc6sc7ccccc7c56)n4)ccc3c2)cc1. The fourth-order valence-electron chi connectivity index (χ4n) is 5.50. The number of aromatic nitrogens is 3. The average molecular weight is 542 g/mol. The van der Waals surface area contributed by atoms with Crippen LogP contribution in [0.3, 0.4) is 0 Å². The van der Waals surface area contributed by atoms with E-state index in [9.17, 15) is 0 Å². The lowest BCUT2D eigenvalue weighted by molar-refractivity contribution is 1.08. The van der Waals surface area contributed by atoms with Crippen molar-refractivity contribution >= 4 is 42.3 Å². The van der Waals surface area contributed by atoms with Gasteiger partial charge in [0.15, 0.2) is 17.5 Å². The van der Waals surface area contributed by atoms with Gasteiger partial charge in [0, 0.05) is 36.9 Å². The van der Waals surface area contributed by atoms with E-state index in [0.717, 1.165) is 22.1 Å². The van der Waals surface area contributed by atoms with Gasteiger partial charge in [0.05, 0.1) is 0 Å². The van der Waals surface area contributed by atoms with Crippen molar-refractivity contribution in [3.05, 3.63) is 140 Å². The molecule has 0 fully saturated rings. The van der Waals surface area contributed by atoms with Gasteiger partial charge in [-0.05, 0) is 46.2 Å². The van der Waals surface area contributed by atoms with Gasteiger partial charge in [0.2, 0.25) is 0 Å². The topological polar surface area (TPSA) is 38.7 Å². The summed E-state index contributed by atoms with van der Waals surface area (Å²) >= 11 is 1.80. The van der Waals surface area contributed by atoms with Crippen LogP contribution in [0.4, 0.5) is 0 Å².